The minimum Gasteiger partial charge on any atom is -0.379 e. The number of halogens is 1. The first-order chi connectivity index (χ1) is 15.2. The van der Waals surface area contributed by atoms with Crippen molar-refractivity contribution in [3.8, 4) is 11.3 Å². The van der Waals surface area contributed by atoms with Gasteiger partial charge >= 0.3 is 0 Å². The Labute approximate surface area is 195 Å². The number of hydrogen-bond acceptors (Lipinski definition) is 6. The van der Waals surface area contributed by atoms with E-state index in [2.05, 4.69) is 48.1 Å². The molecule has 160 valence electrons. The highest BCUT2D eigenvalue weighted by molar-refractivity contribution is 14.1. The number of hydrogen-bond donors (Lipinski definition) is 2. The Bertz CT molecular complexity index is 1010. The van der Waals surface area contributed by atoms with Crippen LogP contribution >= 0.6 is 22.6 Å². The molecule has 0 atom stereocenters. The number of pyridine rings is 2. The van der Waals surface area contributed by atoms with Gasteiger partial charge in [-0.25, -0.2) is 4.98 Å². The van der Waals surface area contributed by atoms with E-state index in [-0.39, 0.29) is 5.91 Å². The maximum atomic E-state index is 12.7. The Hall–Kier alpha value is -2.56. The van der Waals surface area contributed by atoms with Gasteiger partial charge in [-0.1, -0.05) is 6.07 Å². The van der Waals surface area contributed by atoms with E-state index in [0.29, 0.717) is 5.56 Å². The first kappa shape index (κ1) is 21.7. The van der Waals surface area contributed by atoms with Crippen LogP contribution in [0.15, 0.2) is 60.9 Å². The van der Waals surface area contributed by atoms with Crippen LogP contribution in [0.4, 0.5) is 11.5 Å². The van der Waals surface area contributed by atoms with Gasteiger partial charge < -0.3 is 15.4 Å². The molecule has 31 heavy (non-hydrogen) atoms. The molecule has 4 rings (SSSR count). The van der Waals surface area contributed by atoms with Crippen LogP contribution < -0.4 is 10.6 Å². The lowest BCUT2D eigenvalue weighted by molar-refractivity contribution is 0.0398. The van der Waals surface area contributed by atoms with Gasteiger partial charge in [0.2, 0.25) is 0 Å². The molecule has 1 amide bonds. The summed E-state index contributed by atoms with van der Waals surface area (Å²) in [5.41, 5.74) is 3.09. The van der Waals surface area contributed by atoms with Gasteiger partial charge in [0.15, 0.2) is 0 Å². The average molecular weight is 529 g/mol. The highest BCUT2D eigenvalue weighted by Crippen LogP contribution is 2.27. The third-order valence-corrected chi connectivity index (χ3v) is 5.97. The summed E-state index contributed by atoms with van der Waals surface area (Å²) in [5, 5.41) is 6.26. The van der Waals surface area contributed by atoms with Gasteiger partial charge in [0.05, 0.1) is 24.5 Å². The molecule has 1 fully saturated rings. The highest BCUT2D eigenvalue weighted by Gasteiger charge is 2.11. The van der Waals surface area contributed by atoms with Crippen LogP contribution in [0.3, 0.4) is 0 Å². The largest absolute Gasteiger partial charge is 0.379 e. The molecule has 0 unspecified atom stereocenters. The molecule has 1 aliphatic heterocycles. The number of carbonyl (C=O) groups excluding carboxylic acids is 1. The molecule has 8 heteroatoms. The van der Waals surface area contributed by atoms with Gasteiger partial charge in [0.1, 0.15) is 5.82 Å². The van der Waals surface area contributed by atoms with Crippen molar-refractivity contribution in [1.29, 1.82) is 0 Å². The lowest BCUT2D eigenvalue weighted by Gasteiger charge is -2.26. The molecule has 7 nitrogen and oxygen atoms in total. The van der Waals surface area contributed by atoms with E-state index < -0.39 is 0 Å². The molecular formula is C23H24IN5O2. The molecule has 3 aromatic rings. The topological polar surface area (TPSA) is 79.4 Å². The van der Waals surface area contributed by atoms with E-state index >= 15 is 0 Å². The summed E-state index contributed by atoms with van der Waals surface area (Å²) < 4.78 is 6.43. The molecule has 0 spiro atoms. The zero-order chi connectivity index (χ0) is 21.5. The van der Waals surface area contributed by atoms with E-state index in [0.717, 1.165) is 65.7 Å². The minimum absolute atomic E-state index is 0.194. The number of rotatable bonds is 7. The van der Waals surface area contributed by atoms with Crippen molar-refractivity contribution in [1.82, 2.24) is 14.9 Å². The molecule has 3 heterocycles. The lowest BCUT2D eigenvalue weighted by atomic mass is 10.1. The lowest BCUT2D eigenvalue weighted by Crippen LogP contribution is -2.39. The summed E-state index contributed by atoms with van der Waals surface area (Å²) in [6, 6.07) is 15.2. The monoisotopic (exact) mass is 529 g/mol. The van der Waals surface area contributed by atoms with Crippen molar-refractivity contribution in [2.45, 2.75) is 0 Å². The van der Waals surface area contributed by atoms with Crippen molar-refractivity contribution >= 4 is 40.0 Å². The van der Waals surface area contributed by atoms with E-state index in [1.165, 1.54) is 0 Å². The van der Waals surface area contributed by atoms with Crippen molar-refractivity contribution in [2.24, 2.45) is 0 Å². The van der Waals surface area contributed by atoms with Crippen LogP contribution in [-0.2, 0) is 4.74 Å². The first-order valence-electron chi connectivity index (χ1n) is 10.2. The Balaban J connectivity index is 1.34. The highest BCUT2D eigenvalue weighted by atomic mass is 127. The number of nitrogens with zero attached hydrogens (tertiary/aromatic N) is 3. The number of nitrogens with one attached hydrogen (secondary N) is 2. The number of anilines is 2. The predicted octanol–water partition coefficient (Wildman–Crippen LogP) is 3.74. The maximum absolute atomic E-state index is 12.7. The minimum atomic E-state index is -0.194. The van der Waals surface area contributed by atoms with Crippen LogP contribution in [0.5, 0.6) is 0 Å². The quantitative estimate of drug-likeness (QED) is 0.455. The van der Waals surface area contributed by atoms with Gasteiger partial charge in [-0.3, -0.25) is 14.7 Å². The summed E-state index contributed by atoms with van der Waals surface area (Å²) in [7, 11) is 0. The number of aromatic nitrogens is 2. The van der Waals surface area contributed by atoms with Crippen LogP contribution in [0.1, 0.15) is 10.4 Å². The van der Waals surface area contributed by atoms with Crippen LogP contribution in [0.2, 0.25) is 0 Å². The zero-order valence-corrected chi connectivity index (χ0v) is 19.2. The second-order valence-corrected chi connectivity index (χ2v) is 8.34. The molecular weight excluding hydrogens is 505 g/mol. The summed E-state index contributed by atoms with van der Waals surface area (Å²) in [6.45, 7) is 5.28. The third kappa shape index (κ3) is 5.99. The molecule has 0 bridgehead atoms. The van der Waals surface area contributed by atoms with E-state index in [1.807, 2.05) is 42.5 Å². The molecule has 0 aliphatic carbocycles. The first-order valence-corrected chi connectivity index (χ1v) is 11.3. The molecule has 1 aliphatic rings. The van der Waals surface area contributed by atoms with Gasteiger partial charge in [-0.2, -0.15) is 0 Å². The Morgan fingerprint density at radius 3 is 2.71 bits per heavy atom. The maximum Gasteiger partial charge on any atom is 0.257 e. The number of morpholine rings is 1. The summed E-state index contributed by atoms with van der Waals surface area (Å²) in [4.78, 5) is 23.8. The van der Waals surface area contributed by atoms with Crippen molar-refractivity contribution in [2.75, 3.05) is 50.0 Å². The normalized spacial score (nSPS) is 14.2. The average Bonchev–Trinajstić information content (AvgIpc) is 2.82. The number of carbonyl (C=O) groups is 1. The van der Waals surface area contributed by atoms with Crippen LogP contribution in [0.25, 0.3) is 11.3 Å². The van der Waals surface area contributed by atoms with Crippen molar-refractivity contribution in [3.63, 3.8) is 0 Å². The van der Waals surface area contributed by atoms with E-state index in [9.17, 15) is 4.79 Å². The Kier molecular flexibility index (Phi) is 7.44. The van der Waals surface area contributed by atoms with Gasteiger partial charge in [0.25, 0.3) is 5.91 Å². The van der Waals surface area contributed by atoms with Crippen molar-refractivity contribution < 1.29 is 9.53 Å². The van der Waals surface area contributed by atoms with Crippen LogP contribution in [-0.4, -0.2) is 60.2 Å². The Morgan fingerprint density at radius 2 is 1.97 bits per heavy atom. The van der Waals surface area contributed by atoms with Gasteiger partial charge in [-0.15, -0.1) is 0 Å². The molecule has 1 aromatic carbocycles. The second-order valence-electron chi connectivity index (χ2n) is 7.18. The zero-order valence-electron chi connectivity index (χ0n) is 17.1. The summed E-state index contributed by atoms with van der Waals surface area (Å²) in [5.74, 6) is 0.567. The molecule has 0 saturated carbocycles. The molecule has 1 saturated heterocycles. The summed E-state index contributed by atoms with van der Waals surface area (Å²) >= 11 is 2.28. The second kappa shape index (κ2) is 10.7. The van der Waals surface area contributed by atoms with Crippen molar-refractivity contribution in [3.05, 3.63) is 70.1 Å². The van der Waals surface area contributed by atoms with Gasteiger partial charge in [-0.05, 0) is 65.1 Å². The van der Waals surface area contributed by atoms with Crippen LogP contribution in [0, 0.1) is 3.57 Å². The Morgan fingerprint density at radius 1 is 1.10 bits per heavy atom. The number of amides is 1. The number of ether oxygens (including phenoxy) is 1. The molecule has 2 aromatic heterocycles. The molecule has 2 N–H and O–H groups in total. The fraction of sp³-hybridized carbons (Fsp3) is 0.261. The predicted molar refractivity (Wildman–Crippen MR) is 130 cm³/mol. The molecule has 0 radical (unpaired) electrons. The van der Waals surface area contributed by atoms with E-state index in [1.54, 1.807) is 18.5 Å². The SMILES string of the molecule is O=C(Nc1ccc(I)c(-c2ccccn2)c1)c1ccc(NCCN2CCOCC2)nc1. The standard InChI is InChI=1S/C23H24IN5O2/c24-20-6-5-18(15-19(20)21-3-1-2-8-25-21)28-23(30)17-4-7-22(27-16-17)26-9-10-29-11-13-31-14-12-29/h1-8,15-16H,9-14H2,(H,26,27)(H,28,30). The smallest absolute Gasteiger partial charge is 0.257 e. The third-order valence-electron chi connectivity index (χ3n) is 5.03. The summed E-state index contributed by atoms with van der Waals surface area (Å²) in [6.07, 6.45) is 3.36. The fourth-order valence-electron chi connectivity index (χ4n) is 3.32. The number of benzene rings is 1. The van der Waals surface area contributed by atoms with E-state index in [4.69, 9.17) is 4.74 Å². The van der Waals surface area contributed by atoms with Gasteiger partial charge in [0, 0.05) is 53.4 Å². The fourth-order valence-corrected chi connectivity index (χ4v) is 3.94.